The summed E-state index contributed by atoms with van der Waals surface area (Å²) in [7, 11) is 0. The van der Waals surface area contributed by atoms with Crippen LogP contribution in [0.4, 0.5) is 8.78 Å². The Morgan fingerprint density at radius 1 is 1.47 bits per heavy atom. The molecule has 0 amide bonds. The van der Waals surface area contributed by atoms with Crippen molar-refractivity contribution in [3.63, 3.8) is 0 Å². The number of morpholine rings is 1. The van der Waals surface area contributed by atoms with Crippen molar-refractivity contribution in [2.45, 2.75) is 19.6 Å². The lowest BCUT2D eigenvalue weighted by Gasteiger charge is -2.26. The molecule has 0 aromatic heterocycles. The number of halogens is 2. The van der Waals surface area contributed by atoms with E-state index < -0.39 is 6.61 Å². The molecule has 3 nitrogen and oxygen atoms in total. The molecule has 1 atom stereocenters. The number of para-hydroxylation sites is 1. The summed E-state index contributed by atoms with van der Waals surface area (Å²) in [5, 5.41) is 3.17. The first-order chi connectivity index (χ1) is 8.18. The molecule has 1 aliphatic rings. The van der Waals surface area contributed by atoms with E-state index in [4.69, 9.17) is 4.74 Å². The zero-order valence-electron chi connectivity index (χ0n) is 9.58. The molecule has 17 heavy (non-hydrogen) atoms. The van der Waals surface area contributed by atoms with Gasteiger partial charge in [-0.25, -0.2) is 0 Å². The van der Waals surface area contributed by atoms with E-state index in [0.717, 1.165) is 6.54 Å². The predicted molar refractivity (Wildman–Crippen MR) is 59.4 cm³/mol. The smallest absolute Gasteiger partial charge is 0.387 e. The Labute approximate surface area is 98.7 Å². The molecular weight excluding hydrogens is 228 g/mol. The maximum Gasteiger partial charge on any atom is 0.387 e. The fraction of sp³-hybridized carbons (Fsp3) is 0.500. The molecule has 0 spiro atoms. The Bertz CT molecular complexity index is 379. The number of hydrogen-bond donors (Lipinski definition) is 1. The molecule has 1 aromatic rings. The van der Waals surface area contributed by atoms with E-state index in [1.807, 2.05) is 6.07 Å². The molecule has 5 heteroatoms. The van der Waals surface area contributed by atoms with Crippen LogP contribution in [0.5, 0.6) is 5.75 Å². The third-order valence-corrected chi connectivity index (χ3v) is 2.72. The fourth-order valence-electron chi connectivity index (χ4n) is 1.94. The Morgan fingerprint density at radius 2 is 2.29 bits per heavy atom. The Hall–Kier alpha value is -1.20. The summed E-state index contributed by atoms with van der Waals surface area (Å²) in [6, 6.07) is 5.33. The molecule has 2 rings (SSSR count). The average molecular weight is 243 g/mol. The minimum absolute atomic E-state index is 0.225. The minimum atomic E-state index is -2.81. The maximum absolute atomic E-state index is 12.4. The van der Waals surface area contributed by atoms with Gasteiger partial charge in [-0.2, -0.15) is 8.78 Å². The molecule has 1 heterocycles. The quantitative estimate of drug-likeness (QED) is 0.883. The minimum Gasteiger partial charge on any atom is -0.434 e. The number of rotatable bonds is 3. The zero-order chi connectivity index (χ0) is 12.3. The van der Waals surface area contributed by atoms with Crippen molar-refractivity contribution in [2.75, 3.05) is 19.7 Å². The molecule has 0 bridgehead atoms. The van der Waals surface area contributed by atoms with Gasteiger partial charge >= 0.3 is 6.61 Å². The van der Waals surface area contributed by atoms with Gasteiger partial charge in [0.2, 0.25) is 0 Å². The van der Waals surface area contributed by atoms with Gasteiger partial charge in [-0.1, -0.05) is 18.2 Å². The first kappa shape index (κ1) is 12.3. The highest BCUT2D eigenvalue weighted by molar-refractivity contribution is 5.42. The Balaban J connectivity index is 2.27. The molecule has 0 radical (unpaired) electrons. The SMILES string of the molecule is Cc1cccc(C2CNCCO2)c1OC(F)F. The standard InChI is InChI=1S/C12H15F2NO2/c1-8-3-2-4-9(11(8)17-12(13)14)10-7-15-5-6-16-10/h2-4,10,12,15H,5-7H2,1H3. The number of alkyl halides is 2. The van der Waals surface area contributed by atoms with Crippen molar-refractivity contribution in [3.8, 4) is 5.75 Å². The normalized spacial score (nSPS) is 20.6. The molecule has 1 unspecified atom stereocenters. The van der Waals surface area contributed by atoms with E-state index in [1.54, 1.807) is 19.1 Å². The van der Waals surface area contributed by atoms with Crippen LogP contribution >= 0.6 is 0 Å². The molecule has 1 fully saturated rings. The van der Waals surface area contributed by atoms with Gasteiger partial charge in [0, 0.05) is 18.7 Å². The van der Waals surface area contributed by atoms with Gasteiger partial charge in [-0.05, 0) is 12.5 Å². The lowest BCUT2D eigenvalue weighted by Crippen LogP contribution is -2.33. The third kappa shape index (κ3) is 2.92. The van der Waals surface area contributed by atoms with Crippen molar-refractivity contribution in [1.29, 1.82) is 0 Å². The lowest BCUT2D eigenvalue weighted by atomic mass is 10.0. The maximum atomic E-state index is 12.4. The van der Waals surface area contributed by atoms with Crippen LogP contribution in [-0.4, -0.2) is 26.3 Å². The highest BCUT2D eigenvalue weighted by Gasteiger charge is 2.22. The van der Waals surface area contributed by atoms with Crippen LogP contribution in [0.1, 0.15) is 17.2 Å². The average Bonchev–Trinajstić information content (AvgIpc) is 2.32. The first-order valence-corrected chi connectivity index (χ1v) is 5.55. The van der Waals surface area contributed by atoms with Crippen LogP contribution in [0.2, 0.25) is 0 Å². The van der Waals surface area contributed by atoms with Crippen molar-refractivity contribution in [3.05, 3.63) is 29.3 Å². The van der Waals surface area contributed by atoms with Gasteiger partial charge < -0.3 is 14.8 Å². The Kier molecular flexibility index (Phi) is 3.91. The van der Waals surface area contributed by atoms with E-state index >= 15 is 0 Å². The second kappa shape index (κ2) is 5.42. The van der Waals surface area contributed by atoms with Crippen LogP contribution in [0.15, 0.2) is 18.2 Å². The monoisotopic (exact) mass is 243 g/mol. The summed E-state index contributed by atoms with van der Waals surface area (Å²) in [5.74, 6) is 0.233. The first-order valence-electron chi connectivity index (χ1n) is 5.55. The number of hydrogen-bond acceptors (Lipinski definition) is 3. The van der Waals surface area contributed by atoms with Crippen LogP contribution in [0.25, 0.3) is 0 Å². The molecule has 94 valence electrons. The van der Waals surface area contributed by atoms with Gasteiger partial charge in [0.15, 0.2) is 0 Å². The van der Waals surface area contributed by atoms with Crippen LogP contribution in [-0.2, 0) is 4.74 Å². The predicted octanol–water partition coefficient (Wildman–Crippen LogP) is 2.26. The van der Waals surface area contributed by atoms with Gasteiger partial charge in [0.05, 0.1) is 12.7 Å². The van der Waals surface area contributed by atoms with Crippen LogP contribution in [0, 0.1) is 6.92 Å². The summed E-state index contributed by atoms with van der Waals surface area (Å²) in [6.45, 7) is 0.909. The van der Waals surface area contributed by atoms with Gasteiger partial charge in [-0.3, -0.25) is 0 Å². The largest absolute Gasteiger partial charge is 0.434 e. The second-order valence-corrected chi connectivity index (χ2v) is 3.94. The van der Waals surface area contributed by atoms with Gasteiger partial charge in [-0.15, -0.1) is 0 Å². The number of nitrogens with one attached hydrogen (secondary N) is 1. The summed E-state index contributed by atoms with van der Waals surface area (Å²) in [5.41, 5.74) is 1.37. The molecule has 1 aliphatic heterocycles. The van der Waals surface area contributed by atoms with Crippen LogP contribution < -0.4 is 10.1 Å². The van der Waals surface area contributed by atoms with E-state index in [1.165, 1.54) is 0 Å². The summed E-state index contributed by atoms with van der Waals surface area (Å²) in [6.07, 6.45) is -0.225. The highest BCUT2D eigenvalue weighted by Crippen LogP contribution is 2.32. The van der Waals surface area contributed by atoms with E-state index in [0.29, 0.717) is 24.3 Å². The van der Waals surface area contributed by atoms with Gasteiger partial charge in [0.25, 0.3) is 0 Å². The molecular formula is C12H15F2NO2. The summed E-state index contributed by atoms with van der Waals surface area (Å²) < 4.78 is 34.9. The highest BCUT2D eigenvalue weighted by atomic mass is 19.3. The number of benzene rings is 1. The van der Waals surface area contributed by atoms with E-state index in [2.05, 4.69) is 10.1 Å². The molecule has 1 saturated heterocycles. The Morgan fingerprint density at radius 3 is 2.94 bits per heavy atom. The van der Waals surface area contributed by atoms with E-state index in [-0.39, 0.29) is 11.9 Å². The third-order valence-electron chi connectivity index (χ3n) is 2.72. The second-order valence-electron chi connectivity index (χ2n) is 3.94. The fourth-order valence-corrected chi connectivity index (χ4v) is 1.94. The zero-order valence-corrected chi connectivity index (χ0v) is 9.58. The number of ether oxygens (including phenoxy) is 2. The molecule has 1 N–H and O–H groups in total. The van der Waals surface area contributed by atoms with Crippen LogP contribution in [0.3, 0.4) is 0 Å². The van der Waals surface area contributed by atoms with Crippen molar-refractivity contribution in [1.82, 2.24) is 5.32 Å². The summed E-state index contributed by atoms with van der Waals surface area (Å²) >= 11 is 0. The van der Waals surface area contributed by atoms with Crippen molar-refractivity contribution in [2.24, 2.45) is 0 Å². The van der Waals surface area contributed by atoms with Crippen molar-refractivity contribution < 1.29 is 18.3 Å². The van der Waals surface area contributed by atoms with Crippen molar-refractivity contribution >= 4 is 0 Å². The molecule has 0 saturated carbocycles. The topological polar surface area (TPSA) is 30.5 Å². The lowest BCUT2D eigenvalue weighted by molar-refractivity contribution is -0.0538. The summed E-state index contributed by atoms with van der Waals surface area (Å²) in [4.78, 5) is 0. The van der Waals surface area contributed by atoms with E-state index in [9.17, 15) is 8.78 Å². The molecule has 1 aromatic carbocycles. The van der Waals surface area contributed by atoms with Gasteiger partial charge in [0.1, 0.15) is 5.75 Å². The number of aryl methyl sites for hydroxylation is 1. The molecule has 0 aliphatic carbocycles.